The third-order valence-electron chi connectivity index (χ3n) is 1.44. The summed E-state index contributed by atoms with van der Waals surface area (Å²) in [6.45, 7) is 0. The van der Waals surface area contributed by atoms with E-state index in [-0.39, 0.29) is 0 Å². The van der Waals surface area contributed by atoms with Gasteiger partial charge in [0.15, 0.2) is 6.10 Å². The molecule has 0 aliphatic carbocycles. The topological polar surface area (TPSA) is 33.1 Å². The average Bonchev–Trinajstić information content (AvgIpc) is 2.06. The number of hydrogen-bond acceptors (Lipinski definition) is 2. The summed E-state index contributed by atoms with van der Waals surface area (Å²) < 4.78 is 48.5. The lowest BCUT2D eigenvalue weighted by Crippen LogP contribution is -2.21. The minimum absolute atomic E-state index is 0.494. The van der Waals surface area contributed by atoms with Gasteiger partial charge in [0.2, 0.25) is 0 Å². The van der Waals surface area contributed by atoms with Crippen LogP contribution in [0, 0.1) is 5.82 Å². The van der Waals surface area contributed by atoms with Crippen molar-refractivity contribution >= 4 is 11.6 Å². The monoisotopic (exact) mass is 229 g/mol. The molecule has 14 heavy (non-hydrogen) atoms. The predicted octanol–water partition coefficient (Wildman–Crippen LogP) is 2.47. The summed E-state index contributed by atoms with van der Waals surface area (Å²) in [7, 11) is 0. The molecule has 1 rings (SSSR count). The molecule has 0 unspecified atom stereocenters. The maximum atomic E-state index is 12.5. The molecule has 0 aromatic carbocycles. The van der Waals surface area contributed by atoms with Crippen LogP contribution in [0.15, 0.2) is 12.3 Å². The van der Waals surface area contributed by atoms with Crippen LogP contribution < -0.4 is 0 Å². The molecule has 2 nitrogen and oxygen atoms in total. The van der Waals surface area contributed by atoms with E-state index < -0.39 is 28.8 Å². The highest BCUT2D eigenvalue weighted by Crippen LogP contribution is 2.35. The van der Waals surface area contributed by atoms with Crippen molar-refractivity contribution in [2.24, 2.45) is 0 Å². The van der Waals surface area contributed by atoms with Crippen molar-refractivity contribution in [1.82, 2.24) is 4.98 Å². The van der Waals surface area contributed by atoms with Gasteiger partial charge in [0.05, 0.1) is 6.20 Å². The van der Waals surface area contributed by atoms with Crippen LogP contribution in [0.1, 0.15) is 11.7 Å². The quantitative estimate of drug-likeness (QED) is 0.593. The molecule has 0 fully saturated rings. The Bertz CT molecular complexity index is 341. The highest BCUT2D eigenvalue weighted by Gasteiger charge is 2.40. The first-order valence-electron chi connectivity index (χ1n) is 3.38. The molecule has 1 aromatic rings. The fourth-order valence-electron chi connectivity index (χ4n) is 0.806. The highest BCUT2D eigenvalue weighted by atomic mass is 35.5. The van der Waals surface area contributed by atoms with Crippen LogP contribution in [-0.4, -0.2) is 16.3 Å². The van der Waals surface area contributed by atoms with E-state index >= 15 is 0 Å². The largest absolute Gasteiger partial charge is 0.418 e. The number of nitrogens with zero attached hydrogens (tertiary/aromatic N) is 1. The molecular formula is C7H4ClF4NO. The van der Waals surface area contributed by atoms with Crippen molar-refractivity contribution in [3.8, 4) is 0 Å². The lowest BCUT2D eigenvalue weighted by Gasteiger charge is -2.15. The Kier molecular flexibility index (Phi) is 2.96. The van der Waals surface area contributed by atoms with Crippen molar-refractivity contribution in [2.75, 3.05) is 0 Å². The summed E-state index contributed by atoms with van der Waals surface area (Å²) in [4.78, 5) is 3.14. The molecule has 0 aliphatic rings. The molecule has 0 amide bonds. The van der Waals surface area contributed by atoms with Crippen molar-refractivity contribution in [3.05, 3.63) is 28.8 Å². The summed E-state index contributed by atoms with van der Waals surface area (Å²) in [5.41, 5.74) is -0.792. The minimum Gasteiger partial charge on any atom is -0.379 e. The number of halogens is 5. The Labute approximate surface area is 81.1 Å². The lowest BCUT2D eigenvalue weighted by molar-refractivity contribution is -0.206. The van der Waals surface area contributed by atoms with Crippen LogP contribution in [0.25, 0.3) is 0 Å². The number of rotatable bonds is 1. The smallest absolute Gasteiger partial charge is 0.379 e. The summed E-state index contributed by atoms with van der Waals surface area (Å²) in [5.74, 6) is -0.993. The van der Waals surface area contributed by atoms with Gasteiger partial charge in [-0.05, 0) is 6.07 Å². The number of hydrogen-bond donors (Lipinski definition) is 1. The first-order chi connectivity index (χ1) is 6.32. The third kappa shape index (κ3) is 2.33. The molecular weight excluding hydrogens is 226 g/mol. The van der Waals surface area contributed by atoms with Gasteiger partial charge in [-0.3, -0.25) is 0 Å². The second kappa shape index (κ2) is 3.70. The van der Waals surface area contributed by atoms with Crippen molar-refractivity contribution < 1.29 is 22.7 Å². The highest BCUT2D eigenvalue weighted by molar-refractivity contribution is 6.30. The molecule has 0 saturated heterocycles. The molecule has 0 spiro atoms. The normalized spacial score (nSPS) is 14.1. The summed E-state index contributed by atoms with van der Waals surface area (Å²) in [5, 5.41) is 8.17. The van der Waals surface area contributed by atoms with Crippen molar-refractivity contribution in [1.29, 1.82) is 0 Å². The number of alkyl halides is 3. The Morgan fingerprint density at radius 2 is 2.00 bits per heavy atom. The van der Waals surface area contributed by atoms with Crippen LogP contribution >= 0.6 is 11.6 Å². The van der Waals surface area contributed by atoms with Gasteiger partial charge >= 0.3 is 6.18 Å². The van der Waals surface area contributed by atoms with Gasteiger partial charge in [0.25, 0.3) is 0 Å². The molecule has 0 aliphatic heterocycles. The van der Waals surface area contributed by atoms with E-state index in [1.807, 2.05) is 0 Å². The van der Waals surface area contributed by atoms with Crippen LogP contribution in [0.4, 0.5) is 17.6 Å². The summed E-state index contributed by atoms with van der Waals surface area (Å²) in [6, 6.07) is 0.494. The van der Waals surface area contributed by atoms with Gasteiger partial charge in [-0.2, -0.15) is 13.2 Å². The van der Waals surface area contributed by atoms with Gasteiger partial charge in [-0.1, -0.05) is 11.6 Å². The van der Waals surface area contributed by atoms with E-state index in [9.17, 15) is 17.6 Å². The van der Waals surface area contributed by atoms with E-state index in [1.54, 1.807) is 0 Å². The fourth-order valence-corrected chi connectivity index (χ4v) is 1.01. The number of pyridine rings is 1. The third-order valence-corrected chi connectivity index (χ3v) is 1.75. The number of aliphatic hydroxyl groups is 1. The first-order valence-corrected chi connectivity index (χ1v) is 3.76. The zero-order valence-electron chi connectivity index (χ0n) is 6.52. The molecule has 0 saturated carbocycles. The standard InChI is InChI=1S/C7H4ClF4NO/c8-6-4(1-3(9)2-13-6)5(14)7(10,11)12/h1-2,5,14H/t5-/m1/s1. The van der Waals surface area contributed by atoms with Gasteiger partial charge < -0.3 is 5.11 Å². The Morgan fingerprint density at radius 1 is 1.43 bits per heavy atom. The van der Waals surface area contributed by atoms with Gasteiger partial charge in [0, 0.05) is 5.56 Å². The lowest BCUT2D eigenvalue weighted by atomic mass is 10.1. The molecule has 0 radical (unpaired) electrons. The zero-order chi connectivity index (χ0) is 10.9. The van der Waals surface area contributed by atoms with Crippen LogP contribution in [0.5, 0.6) is 0 Å². The molecule has 1 atom stereocenters. The summed E-state index contributed by atoms with van der Waals surface area (Å²) >= 11 is 5.26. The fraction of sp³-hybridized carbons (Fsp3) is 0.286. The number of aliphatic hydroxyl groups excluding tert-OH is 1. The second-order valence-corrected chi connectivity index (χ2v) is 2.84. The van der Waals surface area contributed by atoms with E-state index in [0.717, 1.165) is 0 Å². The number of aromatic nitrogens is 1. The maximum absolute atomic E-state index is 12.5. The van der Waals surface area contributed by atoms with Crippen LogP contribution in [0.2, 0.25) is 5.15 Å². The summed E-state index contributed by atoms with van der Waals surface area (Å²) in [6.07, 6.45) is -7.05. The maximum Gasteiger partial charge on any atom is 0.418 e. The first kappa shape index (κ1) is 11.2. The van der Waals surface area contributed by atoms with Crippen molar-refractivity contribution in [3.63, 3.8) is 0 Å². The van der Waals surface area contributed by atoms with E-state index in [4.69, 9.17) is 16.7 Å². The van der Waals surface area contributed by atoms with E-state index in [2.05, 4.69) is 4.98 Å². The molecule has 1 heterocycles. The average molecular weight is 230 g/mol. The predicted molar refractivity (Wildman–Crippen MR) is 40.2 cm³/mol. The van der Waals surface area contributed by atoms with E-state index in [1.165, 1.54) is 0 Å². The molecule has 7 heteroatoms. The molecule has 78 valence electrons. The Hall–Kier alpha value is -0.880. The van der Waals surface area contributed by atoms with Gasteiger partial charge in [-0.15, -0.1) is 0 Å². The van der Waals surface area contributed by atoms with E-state index in [0.29, 0.717) is 12.3 Å². The molecule has 1 N–H and O–H groups in total. The second-order valence-electron chi connectivity index (χ2n) is 2.48. The zero-order valence-corrected chi connectivity index (χ0v) is 7.27. The Balaban J connectivity index is 3.12. The van der Waals surface area contributed by atoms with Gasteiger partial charge in [-0.25, -0.2) is 9.37 Å². The SMILES string of the molecule is O[C@H](c1cc(F)cnc1Cl)C(F)(F)F. The van der Waals surface area contributed by atoms with Crippen molar-refractivity contribution in [2.45, 2.75) is 12.3 Å². The Morgan fingerprint density at radius 3 is 2.50 bits per heavy atom. The van der Waals surface area contributed by atoms with Crippen LogP contribution in [-0.2, 0) is 0 Å². The molecule has 0 bridgehead atoms. The molecule has 1 aromatic heterocycles. The minimum atomic E-state index is -4.89. The van der Waals surface area contributed by atoms with Gasteiger partial charge in [0.1, 0.15) is 11.0 Å². The van der Waals surface area contributed by atoms with Crippen LogP contribution in [0.3, 0.4) is 0 Å².